The van der Waals surface area contributed by atoms with Crippen LogP contribution in [0.2, 0.25) is 0 Å². The largest absolute Gasteiger partial charge is 0.343 e. The molecule has 2 atom stereocenters. The average Bonchev–Trinajstić information content (AvgIpc) is 2.79. The van der Waals surface area contributed by atoms with E-state index in [0.717, 1.165) is 36.1 Å². The number of hydrogen-bond acceptors (Lipinski definition) is 4. The maximum atomic E-state index is 13.3. The highest BCUT2D eigenvalue weighted by Gasteiger charge is 2.30. The lowest BCUT2D eigenvalue weighted by atomic mass is 9.88. The molecule has 1 aromatic rings. The molecule has 0 aromatic heterocycles. The van der Waals surface area contributed by atoms with Crippen LogP contribution in [0.1, 0.15) is 50.7 Å². The molecule has 7 nitrogen and oxygen atoms in total. The molecule has 8 heteroatoms. The summed E-state index contributed by atoms with van der Waals surface area (Å²) in [6.45, 7) is 4.69. The highest BCUT2D eigenvalue weighted by atomic mass is 32.2. The summed E-state index contributed by atoms with van der Waals surface area (Å²) in [6.07, 6.45) is 12.3. The molecule has 1 aromatic carbocycles. The highest BCUT2D eigenvalue weighted by molar-refractivity contribution is 7.89. The van der Waals surface area contributed by atoms with E-state index < -0.39 is 10.0 Å². The molecule has 1 heterocycles. The number of rotatable bonds is 5. The van der Waals surface area contributed by atoms with Gasteiger partial charge in [-0.25, -0.2) is 13.1 Å². The molecule has 33 heavy (non-hydrogen) atoms. The van der Waals surface area contributed by atoms with Gasteiger partial charge in [-0.3, -0.25) is 9.59 Å². The van der Waals surface area contributed by atoms with Crippen molar-refractivity contribution in [1.82, 2.24) is 9.62 Å². The van der Waals surface area contributed by atoms with Gasteiger partial charge in [-0.2, -0.15) is 0 Å². The van der Waals surface area contributed by atoms with Crippen LogP contribution in [-0.2, 0) is 32.5 Å². The topological polar surface area (TPSA) is 95.6 Å². The van der Waals surface area contributed by atoms with Gasteiger partial charge in [-0.1, -0.05) is 31.2 Å². The van der Waals surface area contributed by atoms with Crippen LogP contribution in [0.4, 0.5) is 5.69 Å². The highest BCUT2D eigenvalue weighted by Crippen LogP contribution is 2.34. The van der Waals surface area contributed by atoms with E-state index in [9.17, 15) is 18.0 Å². The molecule has 1 saturated heterocycles. The molecule has 0 saturated carbocycles. The van der Waals surface area contributed by atoms with Crippen LogP contribution in [0, 0.1) is 11.8 Å². The van der Waals surface area contributed by atoms with Gasteiger partial charge in [0.15, 0.2) is 0 Å². The van der Waals surface area contributed by atoms with Gasteiger partial charge in [0, 0.05) is 31.7 Å². The van der Waals surface area contributed by atoms with Gasteiger partial charge in [0.25, 0.3) is 0 Å². The summed E-state index contributed by atoms with van der Waals surface area (Å²) in [6, 6.07) is 3.19. The number of hydrogen-bond donors (Lipinski definition) is 2. The van der Waals surface area contributed by atoms with Crippen LogP contribution in [0.25, 0.3) is 0 Å². The standard InChI is InChI=1S/C25H33N3O4S/c1-17-7-3-4-8-20(17)25(30)26-23-11-12-24(22-10-6-5-9-21(22)23)33(31,32)27-19-13-15-28(16-14-19)18(2)29/h3-4,7-8,11-12,17,19-20,27H,5-6,9-10,13-16H2,1-2H3,(H,26,30). The van der Waals surface area contributed by atoms with Crippen LogP contribution in [0.3, 0.4) is 0 Å². The van der Waals surface area contributed by atoms with E-state index in [2.05, 4.69) is 10.0 Å². The normalized spacial score (nSPS) is 23.3. The minimum Gasteiger partial charge on any atom is -0.343 e. The molecule has 2 N–H and O–H groups in total. The number of benzene rings is 1. The number of likely N-dealkylation sites (tertiary alicyclic amines) is 1. The van der Waals surface area contributed by atoms with Crippen LogP contribution in [-0.4, -0.2) is 44.3 Å². The van der Waals surface area contributed by atoms with Gasteiger partial charge >= 0.3 is 0 Å². The number of sulfonamides is 1. The minimum atomic E-state index is -3.70. The number of carbonyl (C=O) groups is 2. The molecule has 0 bridgehead atoms. The maximum absolute atomic E-state index is 13.3. The fraction of sp³-hybridized carbons (Fsp3) is 0.520. The zero-order chi connectivity index (χ0) is 23.6. The van der Waals surface area contributed by atoms with Gasteiger partial charge in [-0.15, -0.1) is 0 Å². The Bertz CT molecular complexity index is 1090. The molecule has 1 fully saturated rings. The first kappa shape index (κ1) is 23.7. The smallest absolute Gasteiger partial charge is 0.241 e. The van der Waals surface area contributed by atoms with Crippen LogP contribution in [0.5, 0.6) is 0 Å². The van der Waals surface area contributed by atoms with Crippen molar-refractivity contribution in [2.75, 3.05) is 18.4 Å². The van der Waals surface area contributed by atoms with Crippen LogP contribution < -0.4 is 10.0 Å². The molecular weight excluding hydrogens is 438 g/mol. The quantitative estimate of drug-likeness (QED) is 0.690. The van der Waals surface area contributed by atoms with Crippen molar-refractivity contribution in [2.24, 2.45) is 11.8 Å². The van der Waals surface area contributed by atoms with E-state index in [0.29, 0.717) is 37.2 Å². The zero-order valence-electron chi connectivity index (χ0n) is 19.3. The van der Waals surface area contributed by atoms with Gasteiger partial charge < -0.3 is 10.2 Å². The molecule has 2 aliphatic carbocycles. The number of allylic oxidation sites excluding steroid dienone is 3. The molecule has 0 spiro atoms. The lowest BCUT2D eigenvalue weighted by Crippen LogP contribution is -2.46. The number of piperidine rings is 1. The predicted molar refractivity (Wildman–Crippen MR) is 128 cm³/mol. The van der Waals surface area contributed by atoms with Gasteiger partial charge in [0.05, 0.1) is 10.8 Å². The second-order valence-electron chi connectivity index (χ2n) is 9.32. The van der Waals surface area contributed by atoms with E-state index >= 15 is 0 Å². The van der Waals surface area contributed by atoms with Crippen molar-refractivity contribution in [3.05, 3.63) is 47.6 Å². The average molecular weight is 472 g/mol. The lowest BCUT2D eigenvalue weighted by molar-refractivity contribution is -0.129. The first-order valence-electron chi connectivity index (χ1n) is 11.8. The number of nitrogens with one attached hydrogen (secondary N) is 2. The molecule has 0 radical (unpaired) electrons. The Hall–Kier alpha value is -2.45. The number of fused-ring (bicyclic) bond motifs is 1. The number of amides is 2. The van der Waals surface area contributed by atoms with Crippen molar-refractivity contribution in [1.29, 1.82) is 0 Å². The third-order valence-corrected chi connectivity index (χ3v) is 8.62. The molecule has 1 aliphatic heterocycles. The molecular formula is C25H33N3O4S. The van der Waals surface area contributed by atoms with E-state index in [4.69, 9.17) is 0 Å². The maximum Gasteiger partial charge on any atom is 0.241 e. The number of nitrogens with zero attached hydrogens (tertiary/aromatic N) is 1. The SMILES string of the molecule is CC(=O)N1CCC(NS(=O)(=O)c2ccc(NC(=O)C3C=CC=CC3C)c3c2CCCC3)CC1. The summed E-state index contributed by atoms with van der Waals surface area (Å²) in [4.78, 5) is 26.5. The van der Waals surface area contributed by atoms with Crippen molar-refractivity contribution < 1.29 is 18.0 Å². The Morgan fingerprint density at radius 3 is 2.33 bits per heavy atom. The summed E-state index contributed by atoms with van der Waals surface area (Å²) in [5, 5.41) is 3.07. The fourth-order valence-electron chi connectivity index (χ4n) is 5.06. The molecule has 178 valence electrons. The first-order valence-corrected chi connectivity index (χ1v) is 13.3. The summed E-state index contributed by atoms with van der Waals surface area (Å²) < 4.78 is 29.5. The third kappa shape index (κ3) is 5.22. The second-order valence-corrected chi connectivity index (χ2v) is 11.0. The van der Waals surface area contributed by atoms with E-state index in [1.165, 1.54) is 0 Å². The Labute approximate surface area is 196 Å². The van der Waals surface area contributed by atoms with Crippen molar-refractivity contribution in [3.63, 3.8) is 0 Å². The predicted octanol–water partition coefficient (Wildman–Crippen LogP) is 3.17. The Morgan fingerprint density at radius 1 is 1.00 bits per heavy atom. The third-order valence-electron chi connectivity index (χ3n) is 7.01. The Kier molecular flexibility index (Phi) is 7.05. The van der Waals surface area contributed by atoms with Crippen molar-refractivity contribution in [2.45, 2.75) is 63.3 Å². The van der Waals surface area contributed by atoms with Crippen molar-refractivity contribution >= 4 is 27.5 Å². The molecule has 3 aliphatic rings. The Balaban J connectivity index is 1.54. The van der Waals surface area contributed by atoms with Gasteiger partial charge in [-0.05, 0) is 67.7 Å². The molecule has 2 amide bonds. The summed E-state index contributed by atoms with van der Waals surface area (Å²) in [5.74, 6) is -0.164. The van der Waals surface area contributed by atoms with Crippen LogP contribution >= 0.6 is 0 Å². The minimum absolute atomic E-state index is 0.0251. The van der Waals surface area contributed by atoms with E-state index in [-0.39, 0.29) is 29.7 Å². The van der Waals surface area contributed by atoms with Crippen LogP contribution in [0.15, 0.2) is 41.3 Å². The van der Waals surface area contributed by atoms with E-state index in [1.807, 2.05) is 31.2 Å². The summed E-state index contributed by atoms with van der Waals surface area (Å²) in [7, 11) is -3.70. The summed E-state index contributed by atoms with van der Waals surface area (Å²) >= 11 is 0. The van der Waals surface area contributed by atoms with E-state index in [1.54, 1.807) is 24.0 Å². The molecule has 2 unspecified atom stereocenters. The number of anilines is 1. The fourth-order valence-corrected chi connectivity index (χ4v) is 6.66. The summed E-state index contributed by atoms with van der Waals surface area (Å²) in [5.41, 5.74) is 2.48. The number of carbonyl (C=O) groups excluding carboxylic acids is 2. The van der Waals surface area contributed by atoms with Gasteiger partial charge in [0.2, 0.25) is 21.8 Å². The molecule has 4 rings (SSSR count). The van der Waals surface area contributed by atoms with Gasteiger partial charge in [0.1, 0.15) is 0 Å². The monoisotopic (exact) mass is 471 g/mol. The zero-order valence-corrected chi connectivity index (χ0v) is 20.2. The first-order chi connectivity index (χ1) is 15.8. The lowest BCUT2D eigenvalue weighted by Gasteiger charge is -2.32. The Morgan fingerprint density at radius 2 is 1.67 bits per heavy atom. The second kappa shape index (κ2) is 9.81. The van der Waals surface area contributed by atoms with Crippen molar-refractivity contribution in [3.8, 4) is 0 Å².